The van der Waals surface area contributed by atoms with Crippen LogP contribution in [0.3, 0.4) is 0 Å². The number of benzene rings is 1. The number of ether oxygens (including phenoxy) is 1. The molecule has 0 fully saturated rings. The Hall–Kier alpha value is -5.13. The predicted molar refractivity (Wildman–Crippen MR) is 156 cm³/mol. The number of amides is 5. The van der Waals surface area contributed by atoms with E-state index in [-0.39, 0.29) is 23.7 Å². The zero-order chi connectivity index (χ0) is 33.0. The van der Waals surface area contributed by atoms with E-state index >= 15 is 0 Å². The fourth-order valence-electron chi connectivity index (χ4n) is 3.76. The summed E-state index contributed by atoms with van der Waals surface area (Å²) in [4.78, 5) is 74.7. The summed E-state index contributed by atoms with van der Waals surface area (Å²) in [6.07, 6.45) is -0.931. The minimum Gasteiger partial charge on any atom is -0.444 e. The molecule has 45 heavy (non-hydrogen) atoms. The van der Waals surface area contributed by atoms with Gasteiger partial charge in [0, 0.05) is 30.4 Å². The van der Waals surface area contributed by atoms with E-state index in [0.29, 0.717) is 42.8 Å². The number of halogens is 3. The highest BCUT2D eigenvalue weighted by atomic mass is 32.1. The number of anilines is 2. The summed E-state index contributed by atoms with van der Waals surface area (Å²) in [5.74, 6) is -2.11. The van der Waals surface area contributed by atoms with Crippen LogP contribution in [0.5, 0.6) is 0 Å². The number of aromatic nitrogens is 1. The van der Waals surface area contributed by atoms with Gasteiger partial charge in [-0.2, -0.15) is 13.2 Å². The normalized spacial score (nSPS) is 12.6. The lowest BCUT2D eigenvalue weighted by atomic mass is 10.2. The minimum absolute atomic E-state index is 0.103. The van der Waals surface area contributed by atoms with E-state index in [9.17, 15) is 42.1 Å². The summed E-state index contributed by atoms with van der Waals surface area (Å²) in [6.45, 7) is 2.40. The van der Waals surface area contributed by atoms with E-state index in [1.807, 2.05) is 0 Å². The average molecular weight is 652 g/mol. The third-order valence-corrected chi connectivity index (χ3v) is 6.92. The van der Waals surface area contributed by atoms with Crippen LogP contribution in [0.25, 0.3) is 0 Å². The van der Waals surface area contributed by atoms with Gasteiger partial charge in [-0.1, -0.05) is 24.3 Å². The van der Waals surface area contributed by atoms with E-state index in [1.54, 1.807) is 6.08 Å². The van der Waals surface area contributed by atoms with Gasteiger partial charge < -0.3 is 25.6 Å². The second kappa shape index (κ2) is 16.1. The molecule has 18 heteroatoms. The molecule has 1 aromatic heterocycles. The summed E-state index contributed by atoms with van der Waals surface area (Å²) in [6, 6.07) is 5.30. The zero-order valence-electron chi connectivity index (χ0n) is 23.6. The van der Waals surface area contributed by atoms with E-state index in [2.05, 4.69) is 38.0 Å². The van der Waals surface area contributed by atoms with Gasteiger partial charge in [-0.25, -0.2) is 9.78 Å². The Labute approximate surface area is 258 Å². The number of hydrogen-bond acceptors (Lipinski definition) is 10. The van der Waals surface area contributed by atoms with Crippen molar-refractivity contribution in [1.82, 2.24) is 20.5 Å². The topological polar surface area (TPSA) is 188 Å². The van der Waals surface area contributed by atoms with Crippen LogP contribution in [0.15, 0.2) is 53.9 Å². The van der Waals surface area contributed by atoms with Gasteiger partial charge in [-0.05, 0) is 48.4 Å². The number of nitroso groups, excluding NO2 is 1. The number of carbonyl (C=O) groups is 5. The molecular formula is C27H28F3N7O7S. The van der Waals surface area contributed by atoms with Gasteiger partial charge >= 0.3 is 12.3 Å². The summed E-state index contributed by atoms with van der Waals surface area (Å²) < 4.78 is 45.3. The maximum atomic E-state index is 13.5. The second-order valence-corrected chi connectivity index (χ2v) is 10.4. The Balaban J connectivity index is 1.36. The van der Waals surface area contributed by atoms with Crippen molar-refractivity contribution in [3.63, 3.8) is 0 Å². The van der Waals surface area contributed by atoms with Gasteiger partial charge in [0.2, 0.25) is 17.7 Å². The van der Waals surface area contributed by atoms with Gasteiger partial charge in [0.15, 0.2) is 10.8 Å². The highest BCUT2D eigenvalue weighted by Crippen LogP contribution is 2.36. The third kappa shape index (κ3) is 11.1. The number of rotatable bonds is 15. The molecule has 5 amide bonds. The standard InChI is InChI=1S/C27H28F3N7O7S/c1-16-6-11-23(41)37(16)12-4-2-3-5-20(38)31-13-21(39)32-14-22(40)34-25-35-24(27(28,29)30)19(45-25)15-44-26(42)33-17-7-9-18(36-43)10-8-17/h6-11H,1-5,12-15H2,(H,31,38)(H,32,39)(H,33,42)(H,34,35,40). The van der Waals surface area contributed by atoms with Crippen LogP contribution in [0, 0.1) is 4.91 Å². The number of nitrogens with one attached hydrogen (secondary N) is 4. The van der Waals surface area contributed by atoms with Crippen LogP contribution in [-0.4, -0.2) is 59.2 Å². The van der Waals surface area contributed by atoms with Crippen molar-refractivity contribution in [1.29, 1.82) is 0 Å². The Morgan fingerprint density at radius 1 is 0.956 bits per heavy atom. The highest BCUT2D eigenvalue weighted by Gasteiger charge is 2.38. The predicted octanol–water partition coefficient (Wildman–Crippen LogP) is 3.95. The molecule has 0 bridgehead atoms. The number of allylic oxidation sites excluding steroid dienone is 1. The molecule has 0 radical (unpaired) electrons. The first-order chi connectivity index (χ1) is 21.3. The SMILES string of the molecule is C=C1C=CC(=O)N1CCCCCC(=O)NCC(=O)NCC(=O)Nc1nc(C(F)(F)F)c(COC(=O)Nc2ccc(N=O)cc2)s1. The number of nitrogens with zero attached hydrogens (tertiary/aromatic N) is 3. The van der Waals surface area contributed by atoms with Gasteiger partial charge in [0.1, 0.15) is 12.3 Å². The summed E-state index contributed by atoms with van der Waals surface area (Å²) in [5, 5.41) is 11.3. The molecule has 2 aromatic rings. The summed E-state index contributed by atoms with van der Waals surface area (Å²) in [5.41, 5.74) is -0.441. The van der Waals surface area contributed by atoms with Crippen LogP contribution in [0.2, 0.25) is 0 Å². The van der Waals surface area contributed by atoms with E-state index in [1.165, 1.54) is 35.2 Å². The smallest absolute Gasteiger partial charge is 0.434 e. The summed E-state index contributed by atoms with van der Waals surface area (Å²) >= 11 is 0.423. The van der Waals surface area contributed by atoms with Crippen LogP contribution < -0.4 is 21.3 Å². The van der Waals surface area contributed by atoms with Crippen LogP contribution >= 0.6 is 11.3 Å². The zero-order valence-corrected chi connectivity index (χ0v) is 24.4. The number of alkyl halides is 3. The summed E-state index contributed by atoms with van der Waals surface area (Å²) in [7, 11) is 0. The van der Waals surface area contributed by atoms with Crippen molar-refractivity contribution in [2.24, 2.45) is 5.18 Å². The van der Waals surface area contributed by atoms with E-state index in [4.69, 9.17) is 4.74 Å². The molecule has 0 spiro atoms. The number of carbonyl (C=O) groups excluding carboxylic acids is 5. The largest absolute Gasteiger partial charge is 0.444 e. The first-order valence-corrected chi connectivity index (χ1v) is 14.1. The minimum atomic E-state index is -4.92. The molecular weight excluding hydrogens is 623 g/mol. The molecule has 4 N–H and O–H groups in total. The molecule has 1 aromatic carbocycles. The molecule has 0 saturated heterocycles. The molecule has 0 atom stereocenters. The Morgan fingerprint density at radius 2 is 1.64 bits per heavy atom. The molecule has 2 heterocycles. The van der Waals surface area contributed by atoms with Gasteiger partial charge in [-0.3, -0.25) is 24.5 Å². The van der Waals surface area contributed by atoms with Crippen molar-refractivity contribution < 1.29 is 41.9 Å². The Bertz CT molecular complexity index is 1460. The molecule has 14 nitrogen and oxygen atoms in total. The van der Waals surface area contributed by atoms with Gasteiger partial charge in [0.05, 0.1) is 18.0 Å². The lowest BCUT2D eigenvalue weighted by molar-refractivity contribution is -0.141. The lowest BCUT2D eigenvalue weighted by Crippen LogP contribution is -2.40. The number of hydrogen-bond donors (Lipinski definition) is 4. The molecule has 1 aliphatic rings. The van der Waals surface area contributed by atoms with Gasteiger partial charge in [-0.15, -0.1) is 4.91 Å². The first kappa shape index (κ1) is 34.4. The maximum Gasteiger partial charge on any atom is 0.434 e. The van der Waals surface area contributed by atoms with Crippen molar-refractivity contribution in [3.8, 4) is 0 Å². The first-order valence-electron chi connectivity index (χ1n) is 13.3. The fourth-order valence-corrected chi connectivity index (χ4v) is 4.67. The van der Waals surface area contributed by atoms with E-state index in [0.717, 1.165) is 0 Å². The Morgan fingerprint density at radius 3 is 2.29 bits per heavy atom. The van der Waals surface area contributed by atoms with Crippen LogP contribution in [-0.2, 0) is 36.7 Å². The maximum absolute atomic E-state index is 13.5. The van der Waals surface area contributed by atoms with Crippen LogP contribution in [0.4, 0.5) is 34.5 Å². The number of unbranched alkanes of at least 4 members (excludes halogenated alkanes) is 2. The molecule has 0 saturated carbocycles. The molecule has 240 valence electrons. The Kier molecular flexibility index (Phi) is 12.3. The van der Waals surface area contributed by atoms with Crippen molar-refractivity contribution in [2.75, 3.05) is 30.3 Å². The highest BCUT2D eigenvalue weighted by molar-refractivity contribution is 7.15. The quantitative estimate of drug-likeness (QED) is 0.165. The molecule has 0 aliphatic carbocycles. The monoisotopic (exact) mass is 651 g/mol. The molecule has 0 unspecified atom stereocenters. The van der Waals surface area contributed by atoms with Crippen molar-refractivity contribution in [2.45, 2.75) is 38.5 Å². The number of thiazole rings is 1. The molecule has 3 rings (SSSR count). The molecule has 1 aliphatic heterocycles. The van der Waals surface area contributed by atoms with Crippen molar-refractivity contribution >= 4 is 57.6 Å². The second-order valence-electron chi connectivity index (χ2n) is 9.35. The van der Waals surface area contributed by atoms with Gasteiger partial charge in [0.25, 0.3) is 5.91 Å². The fraction of sp³-hybridized carbons (Fsp3) is 0.333. The van der Waals surface area contributed by atoms with Crippen LogP contribution in [0.1, 0.15) is 36.3 Å². The average Bonchev–Trinajstić information content (AvgIpc) is 3.56. The third-order valence-electron chi connectivity index (χ3n) is 5.97. The lowest BCUT2D eigenvalue weighted by Gasteiger charge is -2.16. The van der Waals surface area contributed by atoms with Crippen molar-refractivity contribution in [3.05, 3.63) is 64.2 Å². The van der Waals surface area contributed by atoms with E-state index < -0.39 is 65.4 Å².